The van der Waals surface area contributed by atoms with Crippen molar-refractivity contribution in [2.24, 2.45) is 0 Å². The summed E-state index contributed by atoms with van der Waals surface area (Å²) in [6.07, 6.45) is 2.40. The van der Waals surface area contributed by atoms with Crippen molar-refractivity contribution in [3.05, 3.63) is 41.5 Å². The third-order valence-electron chi connectivity index (χ3n) is 6.38. The molecule has 152 valence electrons. The number of esters is 1. The maximum absolute atomic E-state index is 12.5. The van der Waals surface area contributed by atoms with Crippen LogP contribution in [0.15, 0.2) is 35.2 Å². The van der Waals surface area contributed by atoms with Gasteiger partial charge < -0.3 is 19.7 Å². The lowest BCUT2D eigenvalue weighted by atomic mass is 9.88. The highest BCUT2D eigenvalue weighted by Gasteiger charge is 2.42. The molecule has 0 aliphatic carbocycles. The minimum Gasteiger partial charge on any atom is -0.497 e. The minimum absolute atomic E-state index is 0.336. The first-order valence-corrected chi connectivity index (χ1v) is 11.2. The van der Waals surface area contributed by atoms with E-state index in [0.29, 0.717) is 23.3 Å². The Balaban J connectivity index is 1.68. The minimum atomic E-state index is -0.336. The molecule has 5 rings (SSSR count). The Bertz CT molecular complexity index is 961. The number of anilines is 1. The summed E-state index contributed by atoms with van der Waals surface area (Å²) in [7, 11) is 3.04. The Morgan fingerprint density at radius 3 is 2.97 bits per heavy atom. The molecule has 1 saturated heterocycles. The molecule has 0 bridgehead atoms. The van der Waals surface area contributed by atoms with Crippen molar-refractivity contribution in [1.82, 2.24) is 5.32 Å². The predicted molar refractivity (Wildman–Crippen MR) is 116 cm³/mol. The fourth-order valence-corrected chi connectivity index (χ4v) is 6.14. The normalized spacial score (nSPS) is 22.5. The molecule has 3 heterocycles. The molecule has 0 spiro atoms. The summed E-state index contributed by atoms with van der Waals surface area (Å²) in [6.45, 7) is 3.25. The summed E-state index contributed by atoms with van der Waals surface area (Å²) in [4.78, 5) is 16.5. The van der Waals surface area contributed by atoms with Crippen molar-refractivity contribution < 1.29 is 14.3 Å². The number of carbonyl (C=O) groups is 1. The summed E-state index contributed by atoms with van der Waals surface area (Å²) in [5.74, 6) is 1.97. The molecule has 0 unspecified atom stereocenters. The van der Waals surface area contributed by atoms with Gasteiger partial charge in [0.05, 0.1) is 25.5 Å². The molecule has 5 nitrogen and oxygen atoms in total. The zero-order valence-corrected chi connectivity index (χ0v) is 17.7. The van der Waals surface area contributed by atoms with E-state index in [1.807, 2.05) is 23.9 Å². The van der Waals surface area contributed by atoms with Crippen LogP contribution in [0.5, 0.6) is 5.75 Å². The van der Waals surface area contributed by atoms with E-state index < -0.39 is 0 Å². The monoisotopic (exact) mass is 410 g/mol. The van der Waals surface area contributed by atoms with Crippen molar-refractivity contribution in [3.63, 3.8) is 0 Å². The Labute approximate surface area is 175 Å². The smallest absolute Gasteiger partial charge is 0.338 e. The lowest BCUT2D eigenvalue weighted by Crippen LogP contribution is -2.44. The van der Waals surface area contributed by atoms with Gasteiger partial charge in [0.25, 0.3) is 0 Å². The largest absolute Gasteiger partial charge is 0.497 e. The van der Waals surface area contributed by atoms with Crippen molar-refractivity contribution in [3.8, 4) is 16.9 Å². The summed E-state index contributed by atoms with van der Waals surface area (Å²) in [5, 5.41) is 3.59. The first-order chi connectivity index (χ1) is 14.2. The molecule has 2 aromatic rings. The summed E-state index contributed by atoms with van der Waals surface area (Å²) in [6, 6.07) is 10.8. The third kappa shape index (κ3) is 3.09. The van der Waals surface area contributed by atoms with Crippen LogP contribution in [0.2, 0.25) is 0 Å². The van der Waals surface area contributed by atoms with Crippen LogP contribution in [0.25, 0.3) is 11.1 Å². The van der Waals surface area contributed by atoms with Crippen LogP contribution in [0.1, 0.15) is 34.7 Å². The van der Waals surface area contributed by atoms with Crippen molar-refractivity contribution >= 4 is 23.4 Å². The number of methoxy groups -OCH3 is 2. The SMILES string of the molecule is COC(=O)c1cc(OC)ccc1-c1cc2c3c(c1)[C@@H]1CNCC[C@@H]1N3CCCS2. The van der Waals surface area contributed by atoms with Crippen LogP contribution in [0.3, 0.4) is 0 Å². The fourth-order valence-electron chi connectivity index (χ4n) is 5.06. The molecule has 0 aromatic heterocycles. The molecule has 2 aromatic carbocycles. The van der Waals surface area contributed by atoms with Gasteiger partial charge >= 0.3 is 5.97 Å². The van der Waals surface area contributed by atoms with E-state index >= 15 is 0 Å². The number of thioether (sulfide) groups is 1. The molecular formula is C23H26N2O3S. The zero-order valence-electron chi connectivity index (χ0n) is 16.9. The van der Waals surface area contributed by atoms with Crippen LogP contribution < -0.4 is 15.0 Å². The van der Waals surface area contributed by atoms with Crippen LogP contribution in [0.4, 0.5) is 5.69 Å². The fraction of sp³-hybridized carbons (Fsp3) is 0.435. The second kappa shape index (κ2) is 7.58. The third-order valence-corrected chi connectivity index (χ3v) is 7.50. The molecule has 0 amide bonds. The number of nitrogens with one attached hydrogen (secondary N) is 1. The van der Waals surface area contributed by atoms with E-state index in [2.05, 4.69) is 22.3 Å². The second-order valence-electron chi connectivity index (χ2n) is 7.88. The van der Waals surface area contributed by atoms with Crippen molar-refractivity contribution in [1.29, 1.82) is 0 Å². The number of piperidine rings is 1. The van der Waals surface area contributed by atoms with E-state index in [1.54, 1.807) is 13.2 Å². The first-order valence-electron chi connectivity index (χ1n) is 10.3. The lowest BCUT2D eigenvalue weighted by Gasteiger charge is -2.33. The Kier molecular flexibility index (Phi) is 4.92. The number of hydrogen-bond donors (Lipinski definition) is 1. The highest BCUT2D eigenvalue weighted by molar-refractivity contribution is 7.99. The highest BCUT2D eigenvalue weighted by atomic mass is 32.2. The second-order valence-corrected chi connectivity index (χ2v) is 9.01. The Hall–Kier alpha value is -2.18. The van der Waals surface area contributed by atoms with Crippen LogP contribution in [0, 0.1) is 0 Å². The van der Waals surface area contributed by atoms with E-state index in [0.717, 1.165) is 36.5 Å². The maximum atomic E-state index is 12.5. The highest BCUT2D eigenvalue weighted by Crippen LogP contribution is 2.51. The number of hydrogen-bond acceptors (Lipinski definition) is 6. The van der Waals surface area contributed by atoms with E-state index in [9.17, 15) is 4.79 Å². The number of ether oxygens (including phenoxy) is 2. The Morgan fingerprint density at radius 1 is 1.24 bits per heavy atom. The molecule has 29 heavy (non-hydrogen) atoms. The van der Waals surface area contributed by atoms with Gasteiger partial charge in [-0.15, -0.1) is 11.8 Å². The van der Waals surface area contributed by atoms with Crippen molar-refractivity contribution in [2.75, 3.05) is 44.5 Å². The number of fused-ring (bicyclic) bond motifs is 3. The van der Waals surface area contributed by atoms with Gasteiger partial charge in [-0.05, 0) is 72.2 Å². The average molecular weight is 411 g/mol. The summed E-state index contributed by atoms with van der Waals surface area (Å²) in [5.41, 5.74) is 5.40. The zero-order chi connectivity index (χ0) is 20.0. The van der Waals surface area contributed by atoms with E-state index in [4.69, 9.17) is 9.47 Å². The summed E-state index contributed by atoms with van der Waals surface area (Å²) < 4.78 is 10.4. The predicted octanol–water partition coefficient (Wildman–Crippen LogP) is 3.91. The standard InChI is InChI=1S/C23H26N2O3S/c1-27-15-4-5-16(18(12-15)23(26)28-2)14-10-17-19-13-24-7-6-20(19)25-8-3-9-29-21(11-14)22(17)25/h4-5,10-12,19-20,24H,3,6-9,13H2,1-2H3/t19-,20-/m0/s1. The molecule has 3 aliphatic rings. The van der Waals surface area contributed by atoms with Gasteiger partial charge in [-0.25, -0.2) is 4.79 Å². The van der Waals surface area contributed by atoms with Gasteiger partial charge in [0.1, 0.15) is 5.75 Å². The molecule has 0 radical (unpaired) electrons. The maximum Gasteiger partial charge on any atom is 0.338 e. The van der Waals surface area contributed by atoms with E-state index in [-0.39, 0.29) is 5.97 Å². The average Bonchev–Trinajstić information content (AvgIpc) is 2.93. The van der Waals surface area contributed by atoms with Gasteiger partial charge in [-0.1, -0.05) is 0 Å². The molecule has 2 atom stereocenters. The van der Waals surface area contributed by atoms with Gasteiger partial charge in [0.2, 0.25) is 0 Å². The Morgan fingerprint density at radius 2 is 2.14 bits per heavy atom. The van der Waals surface area contributed by atoms with Crippen LogP contribution in [-0.2, 0) is 4.74 Å². The van der Waals surface area contributed by atoms with Gasteiger partial charge in [-0.3, -0.25) is 0 Å². The molecule has 0 saturated carbocycles. The summed E-state index contributed by atoms with van der Waals surface area (Å²) >= 11 is 1.95. The molecule has 1 fully saturated rings. The lowest BCUT2D eigenvalue weighted by molar-refractivity contribution is 0.0601. The first kappa shape index (κ1) is 18.8. The molecule has 6 heteroatoms. The van der Waals surface area contributed by atoms with Crippen LogP contribution >= 0.6 is 11.8 Å². The number of benzene rings is 2. The van der Waals surface area contributed by atoms with Gasteiger partial charge in [0.15, 0.2) is 0 Å². The quantitative estimate of drug-likeness (QED) is 0.775. The molecule has 1 N–H and O–H groups in total. The van der Waals surface area contributed by atoms with Gasteiger partial charge in [-0.2, -0.15) is 0 Å². The molecule has 3 aliphatic heterocycles. The van der Waals surface area contributed by atoms with E-state index in [1.165, 1.54) is 36.1 Å². The number of nitrogens with zero attached hydrogens (tertiary/aromatic N) is 1. The topological polar surface area (TPSA) is 50.8 Å². The number of carbonyl (C=O) groups excluding carboxylic acids is 1. The molecular weight excluding hydrogens is 384 g/mol. The van der Waals surface area contributed by atoms with Crippen LogP contribution in [-0.4, -0.2) is 51.6 Å². The van der Waals surface area contributed by atoms with Gasteiger partial charge in [0, 0.05) is 29.9 Å². The number of rotatable bonds is 3. The van der Waals surface area contributed by atoms with Crippen molar-refractivity contribution in [2.45, 2.75) is 29.7 Å².